The number of benzene rings is 1. The largest absolute Gasteiger partial charge is 0.439 e. The number of nitrogens with two attached hydrogens (primary N) is 1. The minimum Gasteiger partial charge on any atom is -0.439 e. The van der Waals surface area contributed by atoms with Gasteiger partial charge in [-0.15, -0.1) is 0 Å². The van der Waals surface area contributed by atoms with E-state index in [2.05, 4.69) is 31.8 Å². The highest BCUT2D eigenvalue weighted by molar-refractivity contribution is 5.40. The van der Waals surface area contributed by atoms with Crippen LogP contribution in [0.4, 0.5) is 0 Å². The zero-order valence-electron chi connectivity index (χ0n) is 13.3. The minimum atomic E-state index is 0.0332. The number of rotatable bonds is 4. The van der Waals surface area contributed by atoms with Gasteiger partial charge in [-0.05, 0) is 30.4 Å². The molecule has 2 aromatic rings. The van der Waals surface area contributed by atoms with Gasteiger partial charge in [-0.2, -0.15) is 0 Å². The van der Waals surface area contributed by atoms with Gasteiger partial charge in [0.1, 0.15) is 5.75 Å². The third kappa shape index (κ3) is 4.30. The van der Waals surface area contributed by atoms with Gasteiger partial charge in [0.15, 0.2) is 0 Å². The highest BCUT2D eigenvalue weighted by Crippen LogP contribution is 2.33. The summed E-state index contributed by atoms with van der Waals surface area (Å²) in [6.45, 7) is 8.51. The first-order chi connectivity index (χ1) is 9.86. The molecule has 1 unspecified atom stereocenters. The van der Waals surface area contributed by atoms with E-state index in [1.165, 1.54) is 5.56 Å². The number of hydrogen-bond donors (Lipinski definition) is 1. The van der Waals surface area contributed by atoms with Crippen molar-refractivity contribution in [1.82, 2.24) is 4.98 Å². The molecule has 0 bridgehead atoms. The second kappa shape index (κ2) is 6.27. The fourth-order valence-electron chi connectivity index (χ4n) is 2.25. The van der Waals surface area contributed by atoms with Gasteiger partial charge >= 0.3 is 0 Å². The molecule has 0 aliphatic rings. The van der Waals surface area contributed by atoms with Crippen LogP contribution in [0.2, 0.25) is 0 Å². The zero-order valence-corrected chi connectivity index (χ0v) is 13.3. The fourth-order valence-corrected chi connectivity index (χ4v) is 2.25. The molecule has 2 N–H and O–H groups in total. The molecular weight excluding hydrogens is 260 g/mol. The highest BCUT2D eigenvalue weighted by Gasteiger charge is 2.18. The van der Waals surface area contributed by atoms with Crippen molar-refractivity contribution in [2.75, 3.05) is 0 Å². The Hall–Kier alpha value is -1.87. The second-order valence-corrected chi connectivity index (χ2v) is 6.53. The van der Waals surface area contributed by atoms with Crippen LogP contribution in [0.1, 0.15) is 38.8 Å². The maximum Gasteiger partial charge on any atom is 0.219 e. The molecule has 0 radical (unpaired) electrons. The normalized spacial score (nSPS) is 13.0. The number of hydrogen-bond acceptors (Lipinski definition) is 3. The maximum absolute atomic E-state index is 5.95. The summed E-state index contributed by atoms with van der Waals surface area (Å²) >= 11 is 0. The molecule has 1 heterocycles. The Morgan fingerprint density at radius 3 is 2.43 bits per heavy atom. The lowest BCUT2D eigenvalue weighted by Crippen LogP contribution is -2.17. The van der Waals surface area contributed by atoms with Crippen LogP contribution in [0.3, 0.4) is 0 Å². The van der Waals surface area contributed by atoms with E-state index in [1.54, 1.807) is 0 Å². The van der Waals surface area contributed by atoms with E-state index < -0.39 is 0 Å². The van der Waals surface area contributed by atoms with Gasteiger partial charge in [0.2, 0.25) is 5.88 Å². The Morgan fingerprint density at radius 2 is 1.86 bits per heavy atom. The summed E-state index contributed by atoms with van der Waals surface area (Å²) in [6.07, 6.45) is 2.66. The molecule has 0 fully saturated rings. The van der Waals surface area contributed by atoms with Crippen LogP contribution in [-0.2, 0) is 11.8 Å². The quantitative estimate of drug-likeness (QED) is 0.921. The Kier molecular flexibility index (Phi) is 4.63. The molecule has 3 heteroatoms. The van der Waals surface area contributed by atoms with Crippen molar-refractivity contribution in [3.8, 4) is 11.6 Å². The predicted octanol–water partition coefficient (Wildman–Crippen LogP) is 4.06. The van der Waals surface area contributed by atoms with Crippen LogP contribution in [0.5, 0.6) is 11.6 Å². The van der Waals surface area contributed by atoms with Crippen molar-refractivity contribution < 1.29 is 4.74 Å². The number of para-hydroxylation sites is 1. The topological polar surface area (TPSA) is 48.1 Å². The molecule has 1 atom stereocenters. The molecule has 3 nitrogen and oxygen atoms in total. The summed E-state index contributed by atoms with van der Waals surface area (Å²) in [4.78, 5) is 4.37. The zero-order chi connectivity index (χ0) is 15.5. The Morgan fingerprint density at radius 1 is 1.14 bits per heavy atom. The monoisotopic (exact) mass is 284 g/mol. The average molecular weight is 284 g/mol. The SMILES string of the molecule is CC(N)Cc1ccc(Oc2ccccc2C(C)(C)C)nc1. The fraction of sp³-hybridized carbons (Fsp3) is 0.389. The summed E-state index contributed by atoms with van der Waals surface area (Å²) in [5.41, 5.74) is 8.13. The molecule has 1 aromatic carbocycles. The molecule has 2 rings (SSSR count). The summed E-state index contributed by atoms with van der Waals surface area (Å²) in [6, 6.07) is 12.2. The Bertz CT molecular complexity index is 583. The van der Waals surface area contributed by atoms with E-state index in [1.807, 2.05) is 43.5 Å². The van der Waals surface area contributed by atoms with E-state index in [0.29, 0.717) is 5.88 Å². The van der Waals surface area contributed by atoms with Gasteiger partial charge in [-0.3, -0.25) is 0 Å². The molecule has 0 aliphatic heterocycles. The van der Waals surface area contributed by atoms with Crippen LogP contribution in [0.15, 0.2) is 42.6 Å². The van der Waals surface area contributed by atoms with Gasteiger partial charge in [-0.1, -0.05) is 45.0 Å². The standard InChI is InChI=1S/C18H24N2O/c1-13(19)11-14-9-10-17(20-12-14)21-16-8-6-5-7-15(16)18(2,3)4/h5-10,12-13H,11,19H2,1-4H3. The van der Waals surface area contributed by atoms with Crippen LogP contribution >= 0.6 is 0 Å². The van der Waals surface area contributed by atoms with Crippen molar-refractivity contribution >= 4 is 0 Å². The van der Waals surface area contributed by atoms with Crippen molar-refractivity contribution in [2.24, 2.45) is 5.73 Å². The van der Waals surface area contributed by atoms with E-state index >= 15 is 0 Å². The molecule has 0 amide bonds. The Labute approximate surface area is 127 Å². The first kappa shape index (κ1) is 15.5. The van der Waals surface area contributed by atoms with E-state index in [-0.39, 0.29) is 11.5 Å². The lowest BCUT2D eigenvalue weighted by atomic mass is 9.86. The molecular formula is C18H24N2O. The van der Waals surface area contributed by atoms with Gasteiger partial charge in [0.05, 0.1) is 0 Å². The summed E-state index contributed by atoms with van der Waals surface area (Å²) in [5.74, 6) is 1.47. The molecule has 21 heavy (non-hydrogen) atoms. The van der Waals surface area contributed by atoms with Crippen molar-refractivity contribution in [2.45, 2.75) is 45.6 Å². The van der Waals surface area contributed by atoms with Crippen molar-refractivity contribution in [1.29, 1.82) is 0 Å². The second-order valence-electron chi connectivity index (χ2n) is 6.53. The Balaban J connectivity index is 2.19. The van der Waals surface area contributed by atoms with Crippen LogP contribution in [0, 0.1) is 0 Å². The van der Waals surface area contributed by atoms with Crippen LogP contribution in [0.25, 0.3) is 0 Å². The lowest BCUT2D eigenvalue weighted by Gasteiger charge is -2.22. The summed E-state index contributed by atoms with van der Waals surface area (Å²) in [5, 5.41) is 0. The lowest BCUT2D eigenvalue weighted by molar-refractivity contribution is 0.439. The smallest absolute Gasteiger partial charge is 0.219 e. The highest BCUT2D eigenvalue weighted by atomic mass is 16.5. The summed E-state index contributed by atoms with van der Waals surface area (Å²) in [7, 11) is 0. The predicted molar refractivity (Wildman–Crippen MR) is 86.8 cm³/mol. The van der Waals surface area contributed by atoms with E-state index in [4.69, 9.17) is 10.5 Å². The van der Waals surface area contributed by atoms with E-state index in [9.17, 15) is 0 Å². The third-order valence-electron chi connectivity index (χ3n) is 3.26. The van der Waals surface area contributed by atoms with Gasteiger partial charge < -0.3 is 10.5 Å². The number of aromatic nitrogens is 1. The first-order valence-corrected chi connectivity index (χ1v) is 7.34. The maximum atomic E-state index is 5.95. The van der Waals surface area contributed by atoms with Crippen molar-refractivity contribution in [3.05, 3.63) is 53.7 Å². The molecule has 0 spiro atoms. The first-order valence-electron chi connectivity index (χ1n) is 7.34. The summed E-state index contributed by atoms with van der Waals surface area (Å²) < 4.78 is 5.95. The van der Waals surface area contributed by atoms with Gasteiger partial charge in [0.25, 0.3) is 0 Å². The van der Waals surface area contributed by atoms with E-state index in [0.717, 1.165) is 17.7 Å². The third-order valence-corrected chi connectivity index (χ3v) is 3.26. The number of ether oxygens (including phenoxy) is 1. The van der Waals surface area contributed by atoms with Crippen LogP contribution < -0.4 is 10.5 Å². The molecule has 0 aliphatic carbocycles. The number of nitrogens with zero attached hydrogens (tertiary/aromatic N) is 1. The molecule has 112 valence electrons. The van der Waals surface area contributed by atoms with Crippen molar-refractivity contribution in [3.63, 3.8) is 0 Å². The molecule has 0 saturated carbocycles. The molecule has 0 saturated heterocycles. The average Bonchev–Trinajstić information content (AvgIpc) is 2.40. The van der Waals surface area contributed by atoms with Gasteiger partial charge in [0, 0.05) is 23.9 Å². The molecule has 1 aromatic heterocycles. The van der Waals surface area contributed by atoms with Crippen LogP contribution in [-0.4, -0.2) is 11.0 Å². The minimum absolute atomic E-state index is 0.0332. The van der Waals surface area contributed by atoms with Gasteiger partial charge in [-0.25, -0.2) is 4.98 Å². The number of pyridine rings is 1.